The van der Waals surface area contributed by atoms with Gasteiger partial charge in [-0.2, -0.15) is 0 Å². The zero-order valence-corrected chi connectivity index (χ0v) is 15.2. The van der Waals surface area contributed by atoms with Crippen molar-refractivity contribution in [3.63, 3.8) is 0 Å². The molecule has 0 bridgehead atoms. The van der Waals surface area contributed by atoms with Crippen LogP contribution < -0.4 is 0 Å². The van der Waals surface area contributed by atoms with Gasteiger partial charge in [-0.1, -0.05) is 26.0 Å². The number of carbonyl (C=O) groups excluding carboxylic acids is 1. The van der Waals surface area contributed by atoms with Crippen LogP contribution in [0.2, 0.25) is 0 Å². The topological polar surface area (TPSA) is 87.0 Å². The maximum Gasteiger partial charge on any atom is 0.336 e. The molecule has 0 spiro atoms. The maximum absolute atomic E-state index is 11.8. The van der Waals surface area contributed by atoms with E-state index in [4.69, 9.17) is 4.74 Å². The number of hydrogen-bond acceptors (Lipinski definition) is 5. The summed E-state index contributed by atoms with van der Waals surface area (Å²) < 4.78 is 4.92. The average molecular weight is 350 g/mol. The molecule has 0 unspecified atom stereocenters. The van der Waals surface area contributed by atoms with Gasteiger partial charge in [0.25, 0.3) is 0 Å². The van der Waals surface area contributed by atoms with Crippen LogP contribution in [0.5, 0.6) is 0 Å². The first kappa shape index (κ1) is 18.6. The molecule has 0 aromatic rings. The molecular formula is C20H30O5. The Bertz CT molecular complexity index is 597. The first-order chi connectivity index (χ1) is 11.7. The predicted octanol–water partition coefficient (Wildman–Crippen LogP) is 1.96. The molecule has 1 aliphatic heterocycles. The Balaban J connectivity index is 1.88. The van der Waals surface area contributed by atoms with Gasteiger partial charge in [0.1, 0.15) is 6.61 Å². The van der Waals surface area contributed by atoms with E-state index in [1.807, 2.05) is 6.92 Å². The van der Waals surface area contributed by atoms with Gasteiger partial charge in [-0.05, 0) is 55.4 Å². The molecular weight excluding hydrogens is 320 g/mol. The standard InChI is InChI=1S/C20H30O5/c1-12-4-5-16-19(2,8-6-17(23)20(16,3)11-21)14(12)10-15(22)13-7-9-25-18(13)24/h7,14-17,21-23H,1,4-6,8-11H2,2-3H3/t14-,15-,16+,17-,19+,20+/m1/s1. The first-order valence-corrected chi connectivity index (χ1v) is 9.26. The van der Waals surface area contributed by atoms with Gasteiger partial charge >= 0.3 is 5.97 Å². The summed E-state index contributed by atoms with van der Waals surface area (Å²) in [4.78, 5) is 11.8. The molecule has 0 aromatic carbocycles. The monoisotopic (exact) mass is 350 g/mol. The summed E-state index contributed by atoms with van der Waals surface area (Å²) in [6, 6.07) is 0. The number of cyclic esters (lactones) is 1. The van der Waals surface area contributed by atoms with Crippen molar-refractivity contribution < 1.29 is 24.9 Å². The lowest BCUT2D eigenvalue weighted by molar-refractivity contribution is -0.154. The molecule has 2 aliphatic carbocycles. The van der Waals surface area contributed by atoms with Crippen LogP contribution in [0.15, 0.2) is 23.8 Å². The third-order valence-corrected chi connectivity index (χ3v) is 7.26. The van der Waals surface area contributed by atoms with E-state index >= 15 is 0 Å². The predicted molar refractivity (Wildman–Crippen MR) is 93.6 cm³/mol. The van der Waals surface area contributed by atoms with Crippen LogP contribution in [0.3, 0.4) is 0 Å². The van der Waals surface area contributed by atoms with Crippen molar-refractivity contribution in [1.29, 1.82) is 0 Å². The zero-order valence-electron chi connectivity index (χ0n) is 15.2. The maximum atomic E-state index is 11.8. The second-order valence-electron chi connectivity index (χ2n) is 8.54. The number of carbonyl (C=O) groups is 1. The molecule has 25 heavy (non-hydrogen) atoms. The third-order valence-electron chi connectivity index (χ3n) is 7.26. The van der Waals surface area contributed by atoms with E-state index < -0.39 is 23.6 Å². The summed E-state index contributed by atoms with van der Waals surface area (Å²) in [6.45, 7) is 8.60. The Morgan fingerprint density at radius 2 is 2.12 bits per heavy atom. The number of ether oxygens (including phenoxy) is 1. The molecule has 0 aromatic heterocycles. The average Bonchev–Trinajstić information content (AvgIpc) is 3.01. The minimum atomic E-state index is -0.862. The van der Waals surface area contributed by atoms with Crippen LogP contribution in [-0.2, 0) is 9.53 Å². The van der Waals surface area contributed by atoms with E-state index in [0.717, 1.165) is 24.8 Å². The van der Waals surface area contributed by atoms with Gasteiger partial charge in [-0.3, -0.25) is 0 Å². The summed E-state index contributed by atoms with van der Waals surface area (Å²) >= 11 is 0. The van der Waals surface area contributed by atoms with Gasteiger partial charge in [0.15, 0.2) is 0 Å². The van der Waals surface area contributed by atoms with E-state index in [1.165, 1.54) is 0 Å². The molecule has 3 N–H and O–H groups in total. The molecule has 3 rings (SSSR count). The van der Waals surface area contributed by atoms with Crippen molar-refractivity contribution in [2.45, 2.75) is 58.2 Å². The number of fused-ring (bicyclic) bond motifs is 1. The first-order valence-electron chi connectivity index (χ1n) is 9.26. The Kier molecular flexibility index (Phi) is 4.86. The minimum absolute atomic E-state index is 0.0480. The van der Waals surface area contributed by atoms with E-state index in [0.29, 0.717) is 18.4 Å². The number of esters is 1. The normalized spacial score (nSPS) is 42.6. The third kappa shape index (κ3) is 2.86. The van der Waals surface area contributed by atoms with Crippen molar-refractivity contribution in [2.75, 3.05) is 13.2 Å². The molecule has 140 valence electrons. The van der Waals surface area contributed by atoms with Crippen molar-refractivity contribution in [2.24, 2.45) is 22.7 Å². The Hall–Kier alpha value is -1.17. The lowest BCUT2D eigenvalue weighted by Crippen LogP contribution is -2.57. The fraction of sp³-hybridized carbons (Fsp3) is 0.750. The van der Waals surface area contributed by atoms with Gasteiger partial charge in [-0.15, -0.1) is 0 Å². The highest BCUT2D eigenvalue weighted by Gasteiger charge is 2.57. The summed E-state index contributed by atoms with van der Waals surface area (Å²) in [5, 5.41) is 31.2. The number of aliphatic hydroxyl groups excluding tert-OH is 3. The summed E-state index contributed by atoms with van der Waals surface area (Å²) in [5.41, 5.74) is 0.749. The van der Waals surface area contributed by atoms with Crippen LogP contribution in [0.25, 0.3) is 0 Å². The molecule has 6 atom stereocenters. The Morgan fingerprint density at radius 3 is 2.72 bits per heavy atom. The second-order valence-corrected chi connectivity index (χ2v) is 8.54. The SMILES string of the molecule is C=C1CC[C@@H]2[C@](C)(CO)[C@H](O)CC[C@@]2(C)[C@@H]1C[C@@H](O)C1=CCOC1=O. The van der Waals surface area contributed by atoms with Crippen molar-refractivity contribution in [3.05, 3.63) is 23.8 Å². The number of hydrogen-bond donors (Lipinski definition) is 3. The molecule has 0 amide bonds. The van der Waals surface area contributed by atoms with E-state index in [2.05, 4.69) is 13.5 Å². The number of aliphatic hydroxyl groups is 3. The number of rotatable bonds is 4. The van der Waals surface area contributed by atoms with Gasteiger partial charge in [0.2, 0.25) is 0 Å². The van der Waals surface area contributed by atoms with Crippen LogP contribution in [0.4, 0.5) is 0 Å². The highest BCUT2D eigenvalue weighted by Crippen LogP contribution is 2.61. The van der Waals surface area contributed by atoms with E-state index in [-0.39, 0.29) is 30.5 Å². The van der Waals surface area contributed by atoms with Crippen molar-refractivity contribution in [3.8, 4) is 0 Å². The molecule has 0 saturated heterocycles. The van der Waals surface area contributed by atoms with Gasteiger partial charge in [0.05, 0.1) is 24.4 Å². The Labute approximate surface area is 149 Å². The zero-order chi connectivity index (χ0) is 18.4. The van der Waals surface area contributed by atoms with Crippen LogP contribution >= 0.6 is 0 Å². The quantitative estimate of drug-likeness (QED) is 0.533. The lowest BCUT2D eigenvalue weighted by Gasteiger charge is -2.60. The molecule has 5 heteroatoms. The minimum Gasteiger partial charge on any atom is -0.458 e. The fourth-order valence-corrected chi connectivity index (χ4v) is 5.63. The second kappa shape index (κ2) is 6.53. The highest BCUT2D eigenvalue weighted by atomic mass is 16.5. The smallest absolute Gasteiger partial charge is 0.336 e. The van der Waals surface area contributed by atoms with Gasteiger partial charge in [-0.25, -0.2) is 4.79 Å². The van der Waals surface area contributed by atoms with E-state index in [1.54, 1.807) is 6.08 Å². The van der Waals surface area contributed by atoms with Gasteiger partial charge in [0, 0.05) is 5.41 Å². The molecule has 5 nitrogen and oxygen atoms in total. The van der Waals surface area contributed by atoms with Crippen LogP contribution in [0.1, 0.15) is 46.0 Å². The fourth-order valence-electron chi connectivity index (χ4n) is 5.63. The summed E-state index contributed by atoms with van der Waals surface area (Å²) in [7, 11) is 0. The number of allylic oxidation sites excluding steroid dienone is 1. The molecule has 2 fully saturated rings. The molecule has 3 aliphatic rings. The molecule has 1 heterocycles. The van der Waals surface area contributed by atoms with Crippen LogP contribution in [-0.4, -0.2) is 46.7 Å². The Morgan fingerprint density at radius 1 is 1.40 bits per heavy atom. The lowest BCUT2D eigenvalue weighted by atomic mass is 9.46. The van der Waals surface area contributed by atoms with Crippen molar-refractivity contribution >= 4 is 5.97 Å². The van der Waals surface area contributed by atoms with Gasteiger partial charge < -0.3 is 20.1 Å². The van der Waals surface area contributed by atoms with E-state index in [9.17, 15) is 20.1 Å². The van der Waals surface area contributed by atoms with Crippen molar-refractivity contribution in [1.82, 2.24) is 0 Å². The summed E-state index contributed by atoms with van der Waals surface area (Å²) in [6.07, 6.45) is 3.89. The van der Waals surface area contributed by atoms with Crippen LogP contribution in [0, 0.1) is 22.7 Å². The summed E-state index contributed by atoms with van der Waals surface area (Å²) in [5.74, 6) is -0.232. The molecule has 2 saturated carbocycles. The molecule has 0 radical (unpaired) electrons. The largest absolute Gasteiger partial charge is 0.458 e. The highest BCUT2D eigenvalue weighted by molar-refractivity contribution is 5.91.